The minimum atomic E-state index is -0.518. The lowest BCUT2D eigenvalue weighted by Gasteiger charge is -2.25. The van der Waals surface area contributed by atoms with Gasteiger partial charge in [0.15, 0.2) is 5.78 Å². The largest absolute Gasteiger partial charge is 0.321 e. The minimum Gasteiger partial charge on any atom is -0.321 e. The van der Waals surface area contributed by atoms with E-state index < -0.39 is 6.04 Å². The Kier molecular flexibility index (Phi) is 3.81. The Bertz CT molecular complexity index is 382. The first-order chi connectivity index (χ1) is 7.30. The van der Waals surface area contributed by atoms with Crippen LogP contribution in [0, 0.1) is 11.2 Å². The molecule has 0 saturated carbocycles. The van der Waals surface area contributed by atoms with Crippen LogP contribution >= 0.6 is 0 Å². The maximum absolute atomic E-state index is 12.9. The zero-order valence-electron chi connectivity index (χ0n) is 9.96. The lowest BCUT2D eigenvalue weighted by molar-refractivity contribution is -0.121. The highest BCUT2D eigenvalue weighted by Crippen LogP contribution is 2.19. The molecule has 1 unspecified atom stereocenters. The number of rotatable bonds is 3. The van der Waals surface area contributed by atoms with Crippen molar-refractivity contribution in [2.75, 3.05) is 0 Å². The van der Waals surface area contributed by atoms with Gasteiger partial charge in [-0.1, -0.05) is 32.9 Å². The van der Waals surface area contributed by atoms with Crippen LogP contribution in [0.5, 0.6) is 0 Å². The molecular weight excluding hydrogens is 205 g/mol. The summed E-state index contributed by atoms with van der Waals surface area (Å²) in [6.07, 6.45) is 0.191. The van der Waals surface area contributed by atoms with E-state index in [2.05, 4.69) is 0 Å². The van der Waals surface area contributed by atoms with Crippen molar-refractivity contribution in [3.8, 4) is 0 Å². The van der Waals surface area contributed by atoms with Crippen molar-refractivity contribution >= 4 is 5.78 Å². The third kappa shape index (κ3) is 3.42. The van der Waals surface area contributed by atoms with E-state index in [9.17, 15) is 9.18 Å². The maximum atomic E-state index is 12.9. The van der Waals surface area contributed by atoms with Gasteiger partial charge in [0.05, 0.1) is 6.04 Å². The van der Waals surface area contributed by atoms with Gasteiger partial charge in [-0.15, -0.1) is 0 Å². The quantitative estimate of drug-likeness (QED) is 0.854. The van der Waals surface area contributed by atoms with Gasteiger partial charge < -0.3 is 5.73 Å². The first kappa shape index (κ1) is 12.8. The van der Waals surface area contributed by atoms with Crippen LogP contribution in [0.15, 0.2) is 24.3 Å². The van der Waals surface area contributed by atoms with Crippen LogP contribution in [-0.2, 0) is 11.2 Å². The summed E-state index contributed by atoms with van der Waals surface area (Å²) < 4.78 is 12.9. The van der Waals surface area contributed by atoms with Gasteiger partial charge in [-0.3, -0.25) is 4.79 Å². The van der Waals surface area contributed by atoms with Crippen molar-refractivity contribution in [3.05, 3.63) is 35.6 Å². The van der Waals surface area contributed by atoms with Gasteiger partial charge in [-0.05, 0) is 23.1 Å². The second kappa shape index (κ2) is 4.74. The summed E-state index contributed by atoms with van der Waals surface area (Å²) >= 11 is 0. The number of hydrogen-bond donors (Lipinski definition) is 1. The van der Waals surface area contributed by atoms with Crippen molar-refractivity contribution in [1.29, 1.82) is 0 Å². The van der Waals surface area contributed by atoms with Gasteiger partial charge in [-0.2, -0.15) is 0 Å². The average Bonchev–Trinajstić information content (AvgIpc) is 2.15. The molecule has 0 aliphatic carbocycles. The number of carbonyl (C=O) groups is 1. The first-order valence-electron chi connectivity index (χ1n) is 5.33. The van der Waals surface area contributed by atoms with Crippen molar-refractivity contribution in [1.82, 2.24) is 0 Å². The zero-order chi connectivity index (χ0) is 12.3. The number of ketones is 1. The van der Waals surface area contributed by atoms with E-state index in [1.165, 1.54) is 12.1 Å². The van der Waals surface area contributed by atoms with Gasteiger partial charge in [0.2, 0.25) is 0 Å². The Morgan fingerprint density at radius 3 is 2.56 bits per heavy atom. The van der Waals surface area contributed by atoms with Crippen LogP contribution in [0.4, 0.5) is 4.39 Å². The summed E-state index contributed by atoms with van der Waals surface area (Å²) in [5, 5.41) is 0. The molecule has 0 amide bonds. The highest BCUT2D eigenvalue weighted by molar-refractivity contribution is 5.86. The summed E-state index contributed by atoms with van der Waals surface area (Å²) in [7, 11) is 0. The number of carbonyl (C=O) groups excluding carboxylic acids is 1. The molecule has 0 bridgehead atoms. The molecule has 0 saturated heterocycles. The lowest BCUT2D eigenvalue weighted by atomic mass is 9.83. The molecule has 88 valence electrons. The molecule has 1 aromatic rings. The van der Waals surface area contributed by atoms with Crippen LogP contribution in [-0.4, -0.2) is 11.8 Å². The van der Waals surface area contributed by atoms with Crippen molar-refractivity contribution in [2.24, 2.45) is 11.1 Å². The summed E-state index contributed by atoms with van der Waals surface area (Å²) in [6, 6.07) is 5.54. The van der Waals surface area contributed by atoms with Gasteiger partial charge in [0, 0.05) is 6.42 Å². The molecule has 0 radical (unpaired) electrons. The molecule has 2 N–H and O–H groups in total. The second-order valence-electron chi connectivity index (χ2n) is 5.12. The third-order valence-electron chi connectivity index (χ3n) is 2.55. The highest BCUT2D eigenvalue weighted by Gasteiger charge is 2.27. The minimum absolute atomic E-state index is 0.0573. The summed E-state index contributed by atoms with van der Waals surface area (Å²) in [5.41, 5.74) is 6.25. The second-order valence-corrected chi connectivity index (χ2v) is 5.12. The van der Waals surface area contributed by atoms with Crippen LogP contribution in [0.25, 0.3) is 0 Å². The van der Waals surface area contributed by atoms with E-state index in [4.69, 9.17) is 5.73 Å². The number of halogens is 1. The van der Waals surface area contributed by atoms with Crippen molar-refractivity contribution in [2.45, 2.75) is 33.2 Å². The van der Waals surface area contributed by atoms with Gasteiger partial charge >= 0.3 is 0 Å². The monoisotopic (exact) mass is 223 g/mol. The van der Waals surface area contributed by atoms with E-state index in [1.807, 2.05) is 20.8 Å². The fraction of sp³-hybridized carbons (Fsp3) is 0.462. The Morgan fingerprint density at radius 2 is 2.06 bits per heavy atom. The third-order valence-corrected chi connectivity index (χ3v) is 2.55. The molecule has 3 heteroatoms. The predicted molar refractivity (Wildman–Crippen MR) is 62.5 cm³/mol. The first-order valence-corrected chi connectivity index (χ1v) is 5.33. The maximum Gasteiger partial charge on any atom is 0.154 e. The topological polar surface area (TPSA) is 43.1 Å². The van der Waals surface area contributed by atoms with E-state index in [0.29, 0.717) is 5.56 Å². The molecule has 0 aromatic heterocycles. The fourth-order valence-corrected chi connectivity index (χ4v) is 1.44. The summed E-state index contributed by atoms with van der Waals surface area (Å²) in [5.74, 6) is -0.382. The molecule has 0 aliphatic heterocycles. The summed E-state index contributed by atoms with van der Waals surface area (Å²) in [6.45, 7) is 5.75. The summed E-state index contributed by atoms with van der Waals surface area (Å²) in [4.78, 5) is 11.8. The van der Waals surface area contributed by atoms with Crippen LogP contribution < -0.4 is 5.73 Å². The number of benzene rings is 1. The molecule has 1 aromatic carbocycles. The Balaban J connectivity index is 2.72. The molecular formula is C13H18FNO. The molecule has 1 rings (SSSR count). The molecule has 2 nitrogen and oxygen atoms in total. The van der Waals surface area contributed by atoms with E-state index >= 15 is 0 Å². The van der Waals surface area contributed by atoms with E-state index in [-0.39, 0.29) is 23.4 Å². The molecule has 0 aliphatic rings. The van der Waals surface area contributed by atoms with E-state index in [1.54, 1.807) is 12.1 Å². The fourth-order valence-electron chi connectivity index (χ4n) is 1.44. The van der Waals surface area contributed by atoms with Crippen molar-refractivity contribution < 1.29 is 9.18 Å². The van der Waals surface area contributed by atoms with Crippen LogP contribution in [0.2, 0.25) is 0 Å². The molecule has 0 spiro atoms. The normalized spacial score (nSPS) is 13.6. The van der Waals surface area contributed by atoms with E-state index in [0.717, 1.165) is 0 Å². The zero-order valence-corrected chi connectivity index (χ0v) is 9.96. The molecule has 16 heavy (non-hydrogen) atoms. The number of Topliss-reactive ketones (excluding diaryl/α,β-unsaturated/α-hetero) is 1. The lowest BCUT2D eigenvalue weighted by Crippen LogP contribution is -2.43. The predicted octanol–water partition coefficient (Wildman–Crippen LogP) is 2.31. The number of nitrogens with two attached hydrogens (primary N) is 1. The van der Waals surface area contributed by atoms with Crippen LogP contribution in [0.3, 0.4) is 0 Å². The molecule has 1 atom stereocenters. The van der Waals surface area contributed by atoms with Crippen molar-refractivity contribution in [3.63, 3.8) is 0 Å². The highest BCUT2D eigenvalue weighted by atomic mass is 19.1. The SMILES string of the molecule is CC(C)(C)C(N)C(=O)Cc1cccc(F)c1. The number of hydrogen-bond acceptors (Lipinski definition) is 2. The van der Waals surface area contributed by atoms with Crippen LogP contribution in [0.1, 0.15) is 26.3 Å². The average molecular weight is 223 g/mol. The van der Waals surface area contributed by atoms with Gasteiger partial charge in [0.25, 0.3) is 0 Å². The molecule has 0 heterocycles. The molecule has 0 fully saturated rings. The van der Waals surface area contributed by atoms with Gasteiger partial charge in [0.1, 0.15) is 5.82 Å². The van der Waals surface area contributed by atoms with Gasteiger partial charge in [-0.25, -0.2) is 4.39 Å². The standard InChI is InChI=1S/C13H18FNO/c1-13(2,3)12(15)11(16)8-9-5-4-6-10(14)7-9/h4-7,12H,8,15H2,1-3H3. The Hall–Kier alpha value is -1.22. The smallest absolute Gasteiger partial charge is 0.154 e. The Labute approximate surface area is 95.7 Å². The Morgan fingerprint density at radius 1 is 1.44 bits per heavy atom.